The summed E-state index contributed by atoms with van der Waals surface area (Å²) >= 11 is 1.55. The fraction of sp³-hybridized carbons (Fsp3) is 0.267. The van der Waals surface area contributed by atoms with Crippen LogP contribution in [0.5, 0.6) is 0 Å². The van der Waals surface area contributed by atoms with E-state index in [2.05, 4.69) is 17.2 Å². The maximum atomic E-state index is 12.0. The van der Waals surface area contributed by atoms with Crippen LogP contribution in [0.4, 0.5) is 0 Å². The van der Waals surface area contributed by atoms with Gasteiger partial charge in [-0.1, -0.05) is 18.8 Å². The predicted molar refractivity (Wildman–Crippen MR) is 79.5 cm³/mol. The second-order valence-corrected chi connectivity index (χ2v) is 5.23. The van der Waals surface area contributed by atoms with Gasteiger partial charge in [-0.25, -0.2) is 0 Å². The SMILES string of the molecule is CCc1occc1C(=O)NCc1ccc(C#CCN)s1. The summed E-state index contributed by atoms with van der Waals surface area (Å²) in [4.78, 5) is 14.0. The van der Waals surface area contributed by atoms with Crippen LogP contribution in [0.1, 0.15) is 32.8 Å². The van der Waals surface area contributed by atoms with E-state index in [1.807, 2.05) is 19.1 Å². The summed E-state index contributed by atoms with van der Waals surface area (Å²) in [5.41, 5.74) is 5.93. The maximum absolute atomic E-state index is 12.0. The lowest BCUT2D eigenvalue weighted by Gasteiger charge is -2.02. The predicted octanol–water partition coefficient (Wildman–Crippen LogP) is 2.14. The summed E-state index contributed by atoms with van der Waals surface area (Å²) in [5.74, 6) is 6.38. The number of carbonyl (C=O) groups is 1. The number of hydrogen-bond donors (Lipinski definition) is 2. The largest absolute Gasteiger partial charge is 0.469 e. The maximum Gasteiger partial charge on any atom is 0.255 e. The molecule has 104 valence electrons. The highest BCUT2D eigenvalue weighted by molar-refractivity contribution is 7.12. The van der Waals surface area contributed by atoms with E-state index in [1.165, 1.54) is 0 Å². The molecule has 20 heavy (non-hydrogen) atoms. The lowest BCUT2D eigenvalue weighted by Crippen LogP contribution is -2.22. The Morgan fingerprint density at radius 2 is 2.30 bits per heavy atom. The molecule has 0 aliphatic carbocycles. The van der Waals surface area contributed by atoms with Crippen LogP contribution in [0.2, 0.25) is 0 Å². The molecule has 0 aromatic carbocycles. The van der Waals surface area contributed by atoms with E-state index in [-0.39, 0.29) is 5.91 Å². The van der Waals surface area contributed by atoms with Gasteiger partial charge in [0.2, 0.25) is 0 Å². The molecule has 0 aliphatic heterocycles. The third-order valence-corrected chi connectivity index (χ3v) is 3.71. The highest BCUT2D eigenvalue weighted by Gasteiger charge is 2.12. The third kappa shape index (κ3) is 3.50. The van der Waals surface area contributed by atoms with Crippen LogP contribution in [0.3, 0.4) is 0 Å². The molecule has 2 heterocycles. The number of carbonyl (C=O) groups excluding carboxylic acids is 1. The standard InChI is InChI=1S/C15H16N2O2S/c1-2-14-13(7-9-19-14)15(18)17-10-12-6-5-11(20-12)4-3-8-16/h5-7,9H,2,8,10,16H2,1H3,(H,17,18). The summed E-state index contributed by atoms with van der Waals surface area (Å²) in [6, 6.07) is 5.59. The van der Waals surface area contributed by atoms with Gasteiger partial charge in [-0.2, -0.15) is 0 Å². The quantitative estimate of drug-likeness (QED) is 0.847. The van der Waals surface area contributed by atoms with Gasteiger partial charge in [0, 0.05) is 11.3 Å². The van der Waals surface area contributed by atoms with Crippen molar-refractivity contribution in [2.75, 3.05) is 6.54 Å². The second-order valence-electron chi connectivity index (χ2n) is 4.07. The molecular weight excluding hydrogens is 272 g/mol. The summed E-state index contributed by atoms with van der Waals surface area (Å²) in [5, 5.41) is 2.88. The molecule has 0 fully saturated rings. The van der Waals surface area contributed by atoms with Gasteiger partial charge in [-0.15, -0.1) is 11.3 Å². The van der Waals surface area contributed by atoms with Crippen LogP contribution in [-0.2, 0) is 13.0 Å². The number of furan rings is 1. The van der Waals surface area contributed by atoms with Crippen molar-refractivity contribution in [3.63, 3.8) is 0 Å². The number of aryl methyl sites for hydroxylation is 1. The van der Waals surface area contributed by atoms with Gasteiger partial charge in [-0.05, 0) is 18.2 Å². The van der Waals surface area contributed by atoms with Crippen molar-refractivity contribution in [3.8, 4) is 11.8 Å². The monoisotopic (exact) mass is 288 g/mol. The summed E-state index contributed by atoms with van der Waals surface area (Å²) in [6.07, 6.45) is 2.24. The molecule has 2 aromatic heterocycles. The van der Waals surface area contributed by atoms with Crippen molar-refractivity contribution in [1.82, 2.24) is 5.32 Å². The molecule has 3 N–H and O–H groups in total. The number of rotatable bonds is 4. The highest BCUT2D eigenvalue weighted by Crippen LogP contribution is 2.16. The van der Waals surface area contributed by atoms with E-state index in [4.69, 9.17) is 10.2 Å². The minimum absolute atomic E-state index is 0.112. The highest BCUT2D eigenvalue weighted by atomic mass is 32.1. The van der Waals surface area contributed by atoms with Gasteiger partial charge in [0.25, 0.3) is 5.91 Å². The Labute approximate surface area is 122 Å². The van der Waals surface area contributed by atoms with Gasteiger partial charge in [0.05, 0.1) is 29.8 Å². The first kappa shape index (κ1) is 14.4. The molecule has 5 heteroatoms. The number of nitrogens with two attached hydrogens (primary N) is 1. The smallest absolute Gasteiger partial charge is 0.255 e. The van der Waals surface area contributed by atoms with E-state index in [1.54, 1.807) is 23.7 Å². The molecule has 2 rings (SSSR count). The average Bonchev–Trinajstić information content (AvgIpc) is 3.11. The molecule has 1 amide bonds. The van der Waals surface area contributed by atoms with Crippen LogP contribution >= 0.6 is 11.3 Å². The molecule has 4 nitrogen and oxygen atoms in total. The molecule has 0 saturated heterocycles. The molecular formula is C15H16N2O2S. The molecule has 0 saturated carbocycles. The van der Waals surface area contributed by atoms with Gasteiger partial charge in [0.15, 0.2) is 0 Å². The Hall–Kier alpha value is -2.03. The van der Waals surface area contributed by atoms with Crippen LogP contribution in [-0.4, -0.2) is 12.5 Å². The zero-order valence-corrected chi connectivity index (χ0v) is 12.0. The van der Waals surface area contributed by atoms with Crippen LogP contribution in [0.25, 0.3) is 0 Å². The van der Waals surface area contributed by atoms with E-state index < -0.39 is 0 Å². The zero-order chi connectivity index (χ0) is 14.4. The lowest BCUT2D eigenvalue weighted by atomic mass is 10.2. The Kier molecular flexibility index (Phi) is 4.99. The summed E-state index contributed by atoms with van der Waals surface area (Å²) < 4.78 is 5.25. The Morgan fingerprint density at radius 1 is 1.45 bits per heavy atom. The van der Waals surface area contributed by atoms with Gasteiger partial charge in [0.1, 0.15) is 5.76 Å². The van der Waals surface area contributed by atoms with E-state index in [0.29, 0.717) is 30.8 Å². The van der Waals surface area contributed by atoms with Crippen molar-refractivity contribution in [3.05, 3.63) is 45.5 Å². The number of thiophene rings is 1. The minimum Gasteiger partial charge on any atom is -0.469 e. The van der Waals surface area contributed by atoms with Crippen molar-refractivity contribution in [2.45, 2.75) is 19.9 Å². The summed E-state index contributed by atoms with van der Waals surface area (Å²) in [7, 11) is 0. The van der Waals surface area contributed by atoms with Crippen molar-refractivity contribution in [2.24, 2.45) is 5.73 Å². The lowest BCUT2D eigenvalue weighted by molar-refractivity contribution is 0.0949. The van der Waals surface area contributed by atoms with Crippen molar-refractivity contribution >= 4 is 17.2 Å². The van der Waals surface area contributed by atoms with Crippen molar-refractivity contribution < 1.29 is 9.21 Å². The van der Waals surface area contributed by atoms with Gasteiger partial charge >= 0.3 is 0 Å². The third-order valence-electron chi connectivity index (χ3n) is 2.71. The van der Waals surface area contributed by atoms with E-state index in [0.717, 1.165) is 9.75 Å². The second kappa shape index (κ2) is 6.94. The summed E-state index contributed by atoms with van der Waals surface area (Å²) in [6.45, 7) is 2.80. The first-order chi connectivity index (χ1) is 9.74. The molecule has 0 radical (unpaired) electrons. The Bertz CT molecular complexity index is 646. The van der Waals surface area contributed by atoms with E-state index >= 15 is 0 Å². The topological polar surface area (TPSA) is 68.3 Å². The number of hydrogen-bond acceptors (Lipinski definition) is 4. The fourth-order valence-electron chi connectivity index (χ4n) is 1.76. The van der Waals surface area contributed by atoms with Crippen LogP contribution in [0, 0.1) is 11.8 Å². The number of nitrogens with one attached hydrogen (secondary N) is 1. The molecule has 2 aromatic rings. The molecule has 0 atom stereocenters. The van der Waals surface area contributed by atoms with Gasteiger partial charge in [-0.3, -0.25) is 4.79 Å². The van der Waals surface area contributed by atoms with Crippen molar-refractivity contribution in [1.29, 1.82) is 0 Å². The Morgan fingerprint density at radius 3 is 3.05 bits per heavy atom. The van der Waals surface area contributed by atoms with Crippen LogP contribution < -0.4 is 11.1 Å². The molecule has 0 aliphatic rings. The Balaban J connectivity index is 1.95. The van der Waals surface area contributed by atoms with E-state index in [9.17, 15) is 4.79 Å². The zero-order valence-electron chi connectivity index (χ0n) is 11.2. The first-order valence-corrected chi connectivity index (χ1v) is 7.18. The van der Waals surface area contributed by atoms with Gasteiger partial charge < -0.3 is 15.5 Å². The fourth-order valence-corrected chi connectivity index (χ4v) is 2.58. The molecule has 0 unspecified atom stereocenters. The number of amides is 1. The minimum atomic E-state index is -0.112. The van der Waals surface area contributed by atoms with Crippen LogP contribution in [0.15, 0.2) is 28.9 Å². The molecule has 0 bridgehead atoms. The normalized spacial score (nSPS) is 9.90. The first-order valence-electron chi connectivity index (χ1n) is 6.36. The average molecular weight is 288 g/mol. The molecule has 0 spiro atoms.